The second kappa shape index (κ2) is 9.38. The predicted molar refractivity (Wildman–Crippen MR) is 119 cm³/mol. The molecule has 4 rings (SSSR count). The largest absolute Gasteiger partial charge is 0.493 e. The van der Waals surface area contributed by atoms with Crippen LogP contribution in [0.25, 0.3) is 0 Å². The lowest BCUT2D eigenvalue weighted by atomic mass is 10.1. The number of ether oxygens (including phenoxy) is 2. The van der Waals surface area contributed by atoms with Crippen molar-refractivity contribution in [2.24, 2.45) is 0 Å². The molecule has 1 amide bonds. The molecular weight excluding hydrogens is 396 g/mol. The molecule has 0 atom stereocenters. The highest BCUT2D eigenvalue weighted by Crippen LogP contribution is 2.28. The summed E-state index contributed by atoms with van der Waals surface area (Å²) in [7, 11) is 5.30. The summed E-state index contributed by atoms with van der Waals surface area (Å²) < 4.78 is 10.6. The molecule has 9 nitrogen and oxygen atoms in total. The summed E-state index contributed by atoms with van der Waals surface area (Å²) in [6.07, 6.45) is 1.64. The number of hydrogen-bond acceptors (Lipinski definition) is 8. The van der Waals surface area contributed by atoms with Crippen LogP contribution in [0.3, 0.4) is 0 Å². The number of carbonyl (C=O) groups is 1. The van der Waals surface area contributed by atoms with Gasteiger partial charge in [-0.25, -0.2) is 9.97 Å². The Hall–Kier alpha value is -3.07. The van der Waals surface area contributed by atoms with Crippen LogP contribution in [0.2, 0.25) is 0 Å². The number of anilines is 2. The van der Waals surface area contributed by atoms with E-state index in [1.165, 1.54) is 0 Å². The molecular formula is C22H30N6O3. The van der Waals surface area contributed by atoms with Crippen LogP contribution in [0.1, 0.15) is 10.4 Å². The fourth-order valence-electron chi connectivity index (χ4n) is 4.01. The molecule has 1 aromatic carbocycles. The van der Waals surface area contributed by atoms with Crippen LogP contribution in [0.5, 0.6) is 11.5 Å². The lowest BCUT2D eigenvalue weighted by Gasteiger charge is -2.36. The minimum atomic E-state index is 0.00131. The monoisotopic (exact) mass is 426 g/mol. The van der Waals surface area contributed by atoms with Gasteiger partial charge in [0.2, 0.25) is 0 Å². The highest BCUT2D eigenvalue weighted by Gasteiger charge is 2.24. The third-order valence-electron chi connectivity index (χ3n) is 5.99. The molecule has 2 aliphatic rings. The van der Waals surface area contributed by atoms with Crippen molar-refractivity contribution in [3.8, 4) is 11.5 Å². The second-order valence-electron chi connectivity index (χ2n) is 7.87. The van der Waals surface area contributed by atoms with Gasteiger partial charge in [0.1, 0.15) is 18.0 Å². The molecule has 0 radical (unpaired) electrons. The first kappa shape index (κ1) is 21.2. The lowest BCUT2D eigenvalue weighted by Crippen LogP contribution is -2.49. The summed E-state index contributed by atoms with van der Waals surface area (Å²) >= 11 is 0. The van der Waals surface area contributed by atoms with Crippen molar-refractivity contribution >= 4 is 17.5 Å². The minimum Gasteiger partial charge on any atom is -0.493 e. The van der Waals surface area contributed by atoms with Crippen LogP contribution < -0.4 is 19.3 Å². The Morgan fingerprint density at radius 3 is 1.97 bits per heavy atom. The van der Waals surface area contributed by atoms with E-state index in [0.717, 1.165) is 50.9 Å². The van der Waals surface area contributed by atoms with Crippen molar-refractivity contribution in [1.82, 2.24) is 19.8 Å². The molecule has 1 aromatic heterocycles. The smallest absolute Gasteiger partial charge is 0.254 e. The van der Waals surface area contributed by atoms with E-state index in [0.29, 0.717) is 30.2 Å². The summed E-state index contributed by atoms with van der Waals surface area (Å²) in [6.45, 7) is 6.77. The molecule has 166 valence electrons. The molecule has 0 saturated carbocycles. The second-order valence-corrected chi connectivity index (χ2v) is 7.87. The summed E-state index contributed by atoms with van der Waals surface area (Å²) in [5.74, 6) is 3.07. The van der Waals surface area contributed by atoms with Crippen molar-refractivity contribution in [3.05, 3.63) is 36.2 Å². The average Bonchev–Trinajstić information content (AvgIpc) is 2.83. The molecule has 31 heavy (non-hydrogen) atoms. The Balaban J connectivity index is 1.39. The zero-order valence-corrected chi connectivity index (χ0v) is 18.5. The Morgan fingerprint density at radius 2 is 1.39 bits per heavy atom. The van der Waals surface area contributed by atoms with Crippen LogP contribution in [-0.2, 0) is 0 Å². The molecule has 0 spiro atoms. The summed E-state index contributed by atoms with van der Waals surface area (Å²) in [5.41, 5.74) is 0.602. The first-order valence-corrected chi connectivity index (χ1v) is 10.6. The van der Waals surface area contributed by atoms with Gasteiger partial charge in [-0.05, 0) is 25.2 Å². The van der Waals surface area contributed by atoms with Crippen LogP contribution >= 0.6 is 0 Å². The van der Waals surface area contributed by atoms with Crippen molar-refractivity contribution in [2.75, 3.05) is 83.4 Å². The number of carbonyl (C=O) groups excluding carboxylic acids is 1. The fourth-order valence-corrected chi connectivity index (χ4v) is 4.01. The van der Waals surface area contributed by atoms with Gasteiger partial charge in [-0.2, -0.15) is 0 Å². The van der Waals surface area contributed by atoms with Gasteiger partial charge in [0, 0.05) is 64.0 Å². The Kier molecular flexibility index (Phi) is 6.41. The lowest BCUT2D eigenvalue weighted by molar-refractivity contribution is 0.0746. The SMILES string of the molecule is COc1ccc(C(=O)N2CCN(c3cc(N4CCN(C)CC4)ncn3)CC2)cc1OC. The van der Waals surface area contributed by atoms with Crippen LogP contribution in [0, 0.1) is 0 Å². The maximum atomic E-state index is 13.0. The molecule has 2 saturated heterocycles. The maximum absolute atomic E-state index is 13.0. The topological polar surface area (TPSA) is 74.3 Å². The average molecular weight is 427 g/mol. The third kappa shape index (κ3) is 4.66. The number of benzene rings is 1. The highest BCUT2D eigenvalue weighted by atomic mass is 16.5. The molecule has 0 aliphatic carbocycles. The van der Waals surface area contributed by atoms with Crippen molar-refractivity contribution in [3.63, 3.8) is 0 Å². The molecule has 0 unspecified atom stereocenters. The summed E-state index contributed by atoms with van der Waals surface area (Å²) in [5, 5.41) is 0. The number of rotatable bonds is 5. The van der Waals surface area contributed by atoms with Gasteiger partial charge >= 0.3 is 0 Å². The van der Waals surface area contributed by atoms with E-state index < -0.39 is 0 Å². The first-order chi connectivity index (χ1) is 15.1. The van der Waals surface area contributed by atoms with E-state index in [2.05, 4.69) is 37.8 Å². The first-order valence-electron chi connectivity index (χ1n) is 10.6. The van der Waals surface area contributed by atoms with E-state index in [4.69, 9.17) is 9.47 Å². The third-order valence-corrected chi connectivity index (χ3v) is 5.99. The molecule has 2 fully saturated rings. The normalized spacial score (nSPS) is 17.6. The predicted octanol–water partition coefficient (Wildman–Crippen LogP) is 1.21. The van der Waals surface area contributed by atoms with Crippen LogP contribution in [0.15, 0.2) is 30.6 Å². The van der Waals surface area contributed by atoms with Gasteiger partial charge in [-0.15, -0.1) is 0 Å². The highest BCUT2D eigenvalue weighted by molar-refractivity contribution is 5.95. The van der Waals surface area contributed by atoms with E-state index in [-0.39, 0.29) is 5.91 Å². The summed E-state index contributed by atoms with van der Waals surface area (Å²) in [4.78, 5) is 30.7. The Bertz CT molecular complexity index is 908. The molecule has 2 aromatic rings. The van der Waals surface area contributed by atoms with Crippen molar-refractivity contribution in [2.45, 2.75) is 0 Å². The van der Waals surface area contributed by atoms with Gasteiger partial charge < -0.3 is 29.1 Å². The summed E-state index contributed by atoms with van der Waals surface area (Å²) in [6, 6.07) is 7.35. The molecule has 0 bridgehead atoms. The fraction of sp³-hybridized carbons (Fsp3) is 0.500. The maximum Gasteiger partial charge on any atom is 0.254 e. The minimum absolute atomic E-state index is 0.00131. The zero-order chi connectivity index (χ0) is 21.8. The molecule has 0 N–H and O–H groups in total. The van der Waals surface area contributed by atoms with E-state index in [9.17, 15) is 4.79 Å². The number of piperazine rings is 2. The van der Waals surface area contributed by atoms with E-state index >= 15 is 0 Å². The molecule has 3 heterocycles. The molecule has 9 heteroatoms. The van der Waals surface area contributed by atoms with Crippen LogP contribution in [-0.4, -0.2) is 99.3 Å². The van der Waals surface area contributed by atoms with Gasteiger partial charge in [0.05, 0.1) is 14.2 Å². The quantitative estimate of drug-likeness (QED) is 0.706. The standard InChI is InChI=1S/C22H30N6O3/c1-25-6-8-26(9-7-25)20-15-21(24-16-23-20)27-10-12-28(13-11-27)22(29)17-4-5-18(30-2)19(14-17)31-3/h4-5,14-16H,6-13H2,1-3H3. The van der Waals surface area contributed by atoms with E-state index in [1.54, 1.807) is 38.7 Å². The number of nitrogens with zero attached hydrogens (tertiary/aromatic N) is 6. The number of hydrogen-bond donors (Lipinski definition) is 0. The molecule has 2 aliphatic heterocycles. The van der Waals surface area contributed by atoms with Gasteiger partial charge in [0.15, 0.2) is 11.5 Å². The van der Waals surface area contributed by atoms with Gasteiger partial charge in [0.25, 0.3) is 5.91 Å². The van der Waals surface area contributed by atoms with Crippen LogP contribution in [0.4, 0.5) is 11.6 Å². The number of methoxy groups -OCH3 is 2. The van der Waals surface area contributed by atoms with Crippen molar-refractivity contribution in [1.29, 1.82) is 0 Å². The number of aromatic nitrogens is 2. The number of amides is 1. The number of likely N-dealkylation sites (N-methyl/N-ethyl adjacent to an activating group) is 1. The zero-order valence-electron chi connectivity index (χ0n) is 18.5. The van der Waals surface area contributed by atoms with Gasteiger partial charge in [-0.1, -0.05) is 0 Å². The Labute approximate surface area is 183 Å². The van der Waals surface area contributed by atoms with E-state index in [1.807, 2.05) is 4.90 Å². The van der Waals surface area contributed by atoms with Crippen molar-refractivity contribution < 1.29 is 14.3 Å². The van der Waals surface area contributed by atoms with Gasteiger partial charge in [-0.3, -0.25) is 4.79 Å². The Morgan fingerprint density at radius 1 is 0.806 bits per heavy atom.